The first-order valence-corrected chi connectivity index (χ1v) is 7.78. The standard InChI is InChI=1S/C17H25NO4/c1-3-5-8-14(4-2)17(21)18-11-13-7-6-9-15(10-13)22-12-16(19)20/h6-7,9-10,14H,3-5,8,11-12H2,1-2H3,(H,18,21)(H,19,20). The van der Waals surface area contributed by atoms with Gasteiger partial charge in [-0.05, 0) is 30.5 Å². The van der Waals surface area contributed by atoms with Gasteiger partial charge < -0.3 is 15.2 Å². The summed E-state index contributed by atoms with van der Waals surface area (Å²) in [5.41, 5.74) is 0.890. The first kappa shape index (κ1) is 18.0. The molecule has 0 aromatic heterocycles. The fourth-order valence-electron chi connectivity index (χ4n) is 2.19. The number of rotatable bonds is 10. The van der Waals surface area contributed by atoms with Crippen LogP contribution in [0.4, 0.5) is 0 Å². The normalized spacial score (nSPS) is 11.7. The van der Waals surface area contributed by atoms with Crippen LogP contribution in [0.2, 0.25) is 0 Å². The summed E-state index contributed by atoms with van der Waals surface area (Å²) in [5, 5.41) is 11.5. The highest BCUT2D eigenvalue weighted by Gasteiger charge is 2.15. The molecule has 1 aromatic rings. The van der Waals surface area contributed by atoms with Crippen LogP contribution in [0.25, 0.3) is 0 Å². The Morgan fingerprint density at radius 2 is 2.09 bits per heavy atom. The van der Waals surface area contributed by atoms with Crippen LogP contribution in [0.15, 0.2) is 24.3 Å². The molecule has 0 spiro atoms. The smallest absolute Gasteiger partial charge is 0.341 e. The first-order valence-electron chi connectivity index (χ1n) is 7.78. The maximum atomic E-state index is 12.1. The van der Waals surface area contributed by atoms with Crippen molar-refractivity contribution in [1.82, 2.24) is 5.32 Å². The van der Waals surface area contributed by atoms with Crippen LogP contribution < -0.4 is 10.1 Å². The molecule has 0 radical (unpaired) electrons. The average molecular weight is 307 g/mol. The van der Waals surface area contributed by atoms with Gasteiger partial charge >= 0.3 is 5.97 Å². The van der Waals surface area contributed by atoms with Gasteiger partial charge in [-0.25, -0.2) is 4.79 Å². The number of benzene rings is 1. The van der Waals surface area contributed by atoms with Gasteiger partial charge in [0.25, 0.3) is 0 Å². The number of nitrogens with one attached hydrogen (secondary N) is 1. The summed E-state index contributed by atoms with van der Waals surface area (Å²) in [4.78, 5) is 22.6. The predicted octanol–water partition coefficient (Wildman–Crippen LogP) is 2.98. The molecular weight excluding hydrogens is 282 g/mol. The van der Waals surface area contributed by atoms with E-state index < -0.39 is 5.97 Å². The highest BCUT2D eigenvalue weighted by molar-refractivity contribution is 5.78. The predicted molar refractivity (Wildman–Crippen MR) is 84.7 cm³/mol. The maximum Gasteiger partial charge on any atom is 0.341 e. The summed E-state index contributed by atoms with van der Waals surface area (Å²) in [5.74, 6) is -0.383. The summed E-state index contributed by atoms with van der Waals surface area (Å²) >= 11 is 0. The van der Waals surface area contributed by atoms with E-state index in [1.807, 2.05) is 13.0 Å². The monoisotopic (exact) mass is 307 g/mol. The molecule has 0 fully saturated rings. The molecule has 0 saturated carbocycles. The van der Waals surface area contributed by atoms with Gasteiger partial charge in [-0.3, -0.25) is 4.79 Å². The zero-order chi connectivity index (χ0) is 16.4. The third-order valence-electron chi connectivity index (χ3n) is 3.50. The minimum Gasteiger partial charge on any atom is -0.482 e. The molecule has 0 heterocycles. The summed E-state index contributed by atoms with van der Waals surface area (Å²) in [6.07, 6.45) is 3.91. The fraction of sp³-hybridized carbons (Fsp3) is 0.529. The SMILES string of the molecule is CCCCC(CC)C(=O)NCc1cccc(OCC(=O)O)c1. The number of ether oxygens (including phenoxy) is 1. The van der Waals surface area contributed by atoms with Crippen LogP contribution in [0.1, 0.15) is 45.1 Å². The first-order chi connectivity index (χ1) is 10.6. The van der Waals surface area contributed by atoms with Crippen molar-refractivity contribution in [2.75, 3.05) is 6.61 Å². The lowest BCUT2D eigenvalue weighted by molar-refractivity contribution is -0.139. The molecule has 0 aliphatic rings. The Labute approximate surface area is 131 Å². The van der Waals surface area contributed by atoms with E-state index in [4.69, 9.17) is 9.84 Å². The van der Waals surface area contributed by atoms with Gasteiger partial charge in [0, 0.05) is 12.5 Å². The van der Waals surface area contributed by atoms with Gasteiger partial charge in [0.1, 0.15) is 5.75 Å². The number of hydrogen-bond acceptors (Lipinski definition) is 3. The van der Waals surface area contributed by atoms with Gasteiger partial charge in [0.05, 0.1) is 0 Å². The van der Waals surface area contributed by atoms with Crippen molar-refractivity contribution in [1.29, 1.82) is 0 Å². The number of carbonyl (C=O) groups is 2. The Hall–Kier alpha value is -2.04. The second-order valence-corrected chi connectivity index (χ2v) is 5.30. The van der Waals surface area contributed by atoms with E-state index in [0.29, 0.717) is 12.3 Å². The van der Waals surface area contributed by atoms with E-state index in [1.165, 1.54) is 0 Å². The molecule has 2 N–H and O–H groups in total. The van der Waals surface area contributed by atoms with E-state index in [0.717, 1.165) is 31.2 Å². The number of hydrogen-bond donors (Lipinski definition) is 2. The van der Waals surface area contributed by atoms with Crippen molar-refractivity contribution in [2.24, 2.45) is 5.92 Å². The van der Waals surface area contributed by atoms with E-state index in [1.54, 1.807) is 18.2 Å². The molecule has 1 unspecified atom stereocenters. The number of unbranched alkanes of at least 4 members (excludes halogenated alkanes) is 1. The Morgan fingerprint density at radius 3 is 2.73 bits per heavy atom. The molecule has 0 bridgehead atoms. The summed E-state index contributed by atoms with van der Waals surface area (Å²) in [7, 11) is 0. The van der Waals surface area contributed by atoms with Crippen LogP contribution in [0.5, 0.6) is 5.75 Å². The number of carboxylic acids is 1. The Kier molecular flexibility index (Phi) is 8.04. The topological polar surface area (TPSA) is 75.6 Å². The molecule has 5 heteroatoms. The largest absolute Gasteiger partial charge is 0.482 e. The van der Waals surface area contributed by atoms with Gasteiger partial charge in [-0.1, -0.05) is 38.8 Å². The van der Waals surface area contributed by atoms with E-state index in [9.17, 15) is 9.59 Å². The molecule has 122 valence electrons. The maximum absolute atomic E-state index is 12.1. The molecule has 0 aliphatic heterocycles. The van der Waals surface area contributed by atoms with E-state index in [-0.39, 0.29) is 18.4 Å². The highest BCUT2D eigenvalue weighted by atomic mass is 16.5. The second kappa shape index (κ2) is 9.82. The summed E-state index contributed by atoms with van der Waals surface area (Å²) in [6.45, 7) is 4.20. The summed E-state index contributed by atoms with van der Waals surface area (Å²) in [6, 6.07) is 7.11. The molecular formula is C17H25NO4. The van der Waals surface area contributed by atoms with Crippen LogP contribution in [-0.2, 0) is 16.1 Å². The van der Waals surface area contributed by atoms with Crippen LogP contribution in [0, 0.1) is 5.92 Å². The minimum atomic E-state index is -1.01. The minimum absolute atomic E-state index is 0.0615. The Balaban J connectivity index is 2.50. The molecule has 0 saturated heterocycles. The van der Waals surface area contributed by atoms with E-state index >= 15 is 0 Å². The molecule has 1 rings (SSSR count). The number of aliphatic carboxylic acids is 1. The Bertz CT molecular complexity index is 487. The average Bonchev–Trinajstić information content (AvgIpc) is 2.52. The van der Waals surface area contributed by atoms with Gasteiger partial charge in [-0.2, -0.15) is 0 Å². The highest BCUT2D eigenvalue weighted by Crippen LogP contribution is 2.15. The lowest BCUT2D eigenvalue weighted by atomic mass is 9.98. The summed E-state index contributed by atoms with van der Waals surface area (Å²) < 4.78 is 5.12. The number of amides is 1. The van der Waals surface area contributed by atoms with Crippen molar-refractivity contribution in [3.05, 3.63) is 29.8 Å². The molecule has 1 aromatic carbocycles. The van der Waals surface area contributed by atoms with Gasteiger partial charge in [0.15, 0.2) is 6.61 Å². The lowest BCUT2D eigenvalue weighted by Gasteiger charge is -2.15. The van der Waals surface area contributed by atoms with Crippen molar-refractivity contribution in [3.63, 3.8) is 0 Å². The third kappa shape index (κ3) is 6.61. The number of carboxylic acid groups (broad SMARTS) is 1. The van der Waals surface area contributed by atoms with Gasteiger partial charge in [0.2, 0.25) is 5.91 Å². The molecule has 5 nitrogen and oxygen atoms in total. The quantitative estimate of drug-likeness (QED) is 0.697. The van der Waals surface area contributed by atoms with Crippen LogP contribution in [0.3, 0.4) is 0 Å². The van der Waals surface area contributed by atoms with Crippen molar-refractivity contribution >= 4 is 11.9 Å². The van der Waals surface area contributed by atoms with E-state index in [2.05, 4.69) is 12.2 Å². The van der Waals surface area contributed by atoms with Crippen molar-refractivity contribution < 1.29 is 19.4 Å². The zero-order valence-corrected chi connectivity index (χ0v) is 13.3. The van der Waals surface area contributed by atoms with Gasteiger partial charge in [-0.15, -0.1) is 0 Å². The fourth-order valence-corrected chi connectivity index (χ4v) is 2.19. The van der Waals surface area contributed by atoms with Crippen molar-refractivity contribution in [3.8, 4) is 5.75 Å². The van der Waals surface area contributed by atoms with Crippen molar-refractivity contribution in [2.45, 2.75) is 46.1 Å². The second-order valence-electron chi connectivity index (χ2n) is 5.30. The Morgan fingerprint density at radius 1 is 1.32 bits per heavy atom. The number of carbonyl (C=O) groups excluding carboxylic acids is 1. The van der Waals surface area contributed by atoms with Crippen LogP contribution >= 0.6 is 0 Å². The molecule has 0 aliphatic carbocycles. The lowest BCUT2D eigenvalue weighted by Crippen LogP contribution is -2.30. The van der Waals surface area contributed by atoms with Crippen LogP contribution in [-0.4, -0.2) is 23.6 Å². The molecule has 22 heavy (non-hydrogen) atoms. The zero-order valence-electron chi connectivity index (χ0n) is 13.3. The molecule has 1 atom stereocenters. The third-order valence-corrected chi connectivity index (χ3v) is 3.50. The molecule has 1 amide bonds.